The van der Waals surface area contributed by atoms with Crippen LogP contribution in [0.2, 0.25) is 25.7 Å². The largest absolute Gasteiger partial charge is 0.466 e. The van der Waals surface area contributed by atoms with Crippen LogP contribution in [-0.4, -0.2) is 70.1 Å². The van der Waals surface area contributed by atoms with E-state index >= 15 is 0 Å². The van der Waals surface area contributed by atoms with Crippen molar-refractivity contribution >= 4 is 35.8 Å². The first kappa shape index (κ1) is 25.0. The van der Waals surface area contributed by atoms with Gasteiger partial charge >= 0.3 is 11.9 Å². The van der Waals surface area contributed by atoms with Crippen LogP contribution in [-0.2, 0) is 33.9 Å². The van der Waals surface area contributed by atoms with Crippen LogP contribution in [0, 0.1) is 11.3 Å². The van der Waals surface area contributed by atoms with Crippen molar-refractivity contribution in [2.24, 2.45) is 11.3 Å². The summed E-state index contributed by atoms with van der Waals surface area (Å²) in [4.78, 5) is 35.7. The van der Waals surface area contributed by atoms with E-state index in [-0.39, 0.29) is 49.6 Å². The molecule has 10 heteroatoms. The van der Waals surface area contributed by atoms with E-state index in [2.05, 4.69) is 19.6 Å². The van der Waals surface area contributed by atoms with Crippen LogP contribution >= 0.6 is 0 Å². The monoisotopic (exact) mass is 461 g/mol. The summed E-state index contributed by atoms with van der Waals surface area (Å²) in [5.74, 6) is -0.987. The molecule has 0 aromatic carbocycles. The Kier molecular flexibility index (Phi) is 7.90. The maximum Gasteiger partial charge on any atom is 0.302 e. The second kappa shape index (κ2) is 9.48. The van der Waals surface area contributed by atoms with Crippen molar-refractivity contribution in [1.29, 1.82) is 0 Å². The van der Waals surface area contributed by atoms with Crippen molar-refractivity contribution in [3.05, 3.63) is 0 Å². The van der Waals surface area contributed by atoms with Gasteiger partial charge in [-0.05, 0) is 31.2 Å². The molecular weight excluding hydrogens is 426 g/mol. The number of carbonyl (C=O) groups is 3. The quantitative estimate of drug-likeness (QED) is 0.383. The van der Waals surface area contributed by atoms with Crippen molar-refractivity contribution < 1.29 is 32.3 Å². The summed E-state index contributed by atoms with van der Waals surface area (Å²) >= 11 is 0. The van der Waals surface area contributed by atoms with Crippen LogP contribution in [0.15, 0.2) is 0 Å². The molecule has 0 unspecified atom stereocenters. The number of sulfonamides is 1. The molecule has 2 fully saturated rings. The lowest BCUT2D eigenvalue weighted by atomic mass is 9.62. The molecule has 3 atom stereocenters. The molecule has 2 aliphatic rings. The van der Waals surface area contributed by atoms with Crippen LogP contribution in [0.3, 0.4) is 0 Å². The number of rotatable bonds is 9. The summed E-state index contributed by atoms with van der Waals surface area (Å²) < 4.78 is 38.2. The molecule has 0 spiro atoms. The number of fused-ring (bicyclic) bond motifs is 1. The Morgan fingerprint density at radius 2 is 1.80 bits per heavy atom. The number of hydrogen-bond acceptors (Lipinski definition) is 7. The molecular formula is C20H35NO7SSi. The van der Waals surface area contributed by atoms with E-state index in [4.69, 9.17) is 9.47 Å². The fourth-order valence-electron chi connectivity index (χ4n) is 4.65. The summed E-state index contributed by atoms with van der Waals surface area (Å²) in [6.07, 6.45) is 1.80. The predicted molar refractivity (Wildman–Crippen MR) is 115 cm³/mol. The normalized spacial score (nSPS) is 27.6. The third-order valence-corrected chi connectivity index (χ3v) is 10.2. The molecule has 0 radical (unpaired) electrons. The highest BCUT2D eigenvalue weighted by molar-refractivity contribution is 7.89. The second-order valence-corrected chi connectivity index (χ2v) is 17.4. The van der Waals surface area contributed by atoms with Gasteiger partial charge in [0.15, 0.2) is 5.78 Å². The van der Waals surface area contributed by atoms with Gasteiger partial charge < -0.3 is 9.47 Å². The molecule has 0 amide bonds. The van der Waals surface area contributed by atoms with Crippen molar-refractivity contribution in [2.45, 2.75) is 71.3 Å². The lowest BCUT2D eigenvalue weighted by molar-refractivity contribution is -0.152. The molecule has 0 aromatic heterocycles. The van der Waals surface area contributed by atoms with Crippen molar-refractivity contribution in [3.63, 3.8) is 0 Å². The lowest BCUT2D eigenvalue weighted by Crippen LogP contribution is -2.56. The van der Waals surface area contributed by atoms with Crippen molar-refractivity contribution in [2.75, 3.05) is 25.5 Å². The zero-order valence-corrected chi connectivity index (χ0v) is 20.5. The number of ether oxygens (including phenoxy) is 2. The zero-order valence-electron chi connectivity index (χ0n) is 18.7. The Morgan fingerprint density at radius 1 is 1.17 bits per heavy atom. The van der Waals surface area contributed by atoms with Gasteiger partial charge in [-0.1, -0.05) is 19.6 Å². The van der Waals surface area contributed by atoms with E-state index in [1.807, 2.05) is 0 Å². The lowest BCUT2D eigenvalue weighted by Gasteiger charge is -2.45. The van der Waals surface area contributed by atoms with Crippen LogP contribution in [0.4, 0.5) is 0 Å². The van der Waals surface area contributed by atoms with Gasteiger partial charge in [-0.3, -0.25) is 14.4 Å². The average Bonchev–Trinajstić information content (AvgIpc) is 3.02. The first-order valence-corrected chi connectivity index (χ1v) is 15.9. The van der Waals surface area contributed by atoms with Gasteiger partial charge in [0.25, 0.3) is 0 Å². The molecule has 1 aliphatic heterocycles. The SMILES string of the molecule is CC(=O)OCC[C@H]1CCC(=O)[C@@H]2N(S(=O)(=O)CC[Si](C)(C)C)CC[C@]12COC(C)=O. The van der Waals surface area contributed by atoms with Crippen LogP contribution in [0.25, 0.3) is 0 Å². The fraction of sp³-hybridized carbons (Fsp3) is 0.850. The predicted octanol–water partition coefficient (Wildman–Crippen LogP) is 2.21. The smallest absolute Gasteiger partial charge is 0.302 e. The van der Waals surface area contributed by atoms with Crippen LogP contribution in [0.5, 0.6) is 0 Å². The number of carbonyl (C=O) groups excluding carboxylic acids is 3. The Morgan fingerprint density at radius 3 is 2.37 bits per heavy atom. The average molecular weight is 462 g/mol. The summed E-state index contributed by atoms with van der Waals surface area (Å²) in [6, 6.07) is -0.195. The van der Waals surface area contributed by atoms with Gasteiger partial charge in [-0.2, -0.15) is 4.31 Å². The molecule has 0 bridgehead atoms. The molecule has 1 saturated heterocycles. The minimum absolute atomic E-state index is 0.00349. The highest BCUT2D eigenvalue weighted by Crippen LogP contribution is 2.51. The van der Waals surface area contributed by atoms with Gasteiger partial charge in [-0.15, -0.1) is 0 Å². The van der Waals surface area contributed by atoms with Crippen molar-refractivity contribution in [1.82, 2.24) is 4.31 Å². The summed E-state index contributed by atoms with van der Waals surface area (Å²) in [7, 11) is -5.19. The maximum absolute atomic E-state index is 13.2. The summed E-state index contributed by atoms with van der Waals surface area (Å²) in [5, 5.41) is 0. The van der Waals surface area contributed by atoms with Gasteiger partial charge in [0, 0.05) is 40.3 Å². The van der Waals surface area contributed by atoms with Crippen LogP contribution in [0.1, 0.15) is 39.5 Å². The van der Waals surface area contributed by atoms with E-state index in [0.29, 0.717) is 25.3 Å². The topological polar surface area (TPSA) is 107 Å². The molecule has 30 heavy (non-hydrogen) atoms. The first-order valence-electron chi connectivity index (χ1n) is 10.6. The highest BCUT2D eigenvalue weighted by Gasteiger charge is 2.60. The Balaban J connectivity index is 2.32. The highest BCUT2D eigenvalue weighted by atomic mass is 32.2. The van der Waals surface area contributed by atoms with Gasteiger partial charge in [0.1, 0.15) is 0 Å². The fourth-order valence-corrected chi connectivity index (χ4v) is 9.39. The standard InChI is InChI=1S/C20H35NO7SSi/c1-15(22)27-11-8-17-6-7-18(24)19-20(17,14-28-16(2)23)9-10-21(19)29(25,26)12-13-30(3,4)5/h17,19H,6-14H2,1-5H3/t17-,19+,20+/m1/s1. The summed E-state index contributed by atoms with van der Waals surface area (Å²) in [6.45, 7) is 9.45. The van der Waals surface area contributed by atoms with Gasteiger partial charge in [0.05, 0.1) is 25.0 Å². The molecule has 172 valence electrons. The first-order chi connectivity index (χ1) is 13.8. The molecule has 1 heterocycles. The molecule has 0 aromatic rings. The third kappa shape index (κ3) is 5.91. The number of esters is 2. The minimum Gasteiger partial charge on any atom is -0.466 e. The molecule has 0 N–H and O–H groups in total. The Bertz CT molecular complexity index is 777. The molecule has 1 saturated carbocycles. The van der Waals surface area contributed by atoms with E-state index < -0.39 is 35.5 Å². The van der Waals surface area contributed by atoms with E-state index in [1.165, 1.54) is 18.2 Å². The zero-order chi connectivity index (χ0) is 22.7. The third-order valence-electron chi connectivity index (χ3n) is 6.27. The molecule has 1 aliphatic carbocycles. The Labute approximate surface area is 180 Å². The number of hydrogen-bond donors (Lipinski definition) is 0. The minimum atomic E-state index is -3.61. The van der Waals surface area contributed by atoms with Crippen molar-refractivity contribution in [3.8, 4) is 0 Å². The van der Waals surface area contributed by atoms with E-state index in [0.717, 1.165) is 0 Å². The van der Waals surface area contributed by atoms with E-state index in [1.54, 1.807) is 0 Å². The van der Waals surface area contributed by atoms with Gasteiger partial charge in [-0.25, -0.2) is 8.42 Å². The maximum atomic E-state index is 13.2. The number of ketones is 1. The van der Waals surface area contributed by atoms with Crippen LogP contribution < -0.4 is 0 Å². The van der Waals surface area contributed by atoms with Gasteiger partial charge in [0.2, 0.25) is 10.0 Å². The second-order valence-electron chi connectivity index (χ2n) is 9.73. The number of Topliss-reactive ketones (excluding diaryl/α,β-unsaturated/α-hetero) is 1. The number of nitrogens with zero attached hydrogens (tertiary/aromatic N) is 1. The molecule has 2 rings (SSSR count). The summed E-state index contributed by atoms with van der Waals surface area (Å²) in [5.41, 5.74) is -0.770. The Hall–Kier alpha value is -1.26. The van der Waals surface area contributed by atoms with E-state index in [9.17, 15) is 22.8 Å². The molecule has 8 nitrogen and oxygen atoms in total.